The molecule has 0 aliphatic carbocycles. The largest absolute Gasteiger partial charge is 0.497 e. The predicted octanol–water partition coefficient (Wildman–Crippen LogP) is 1.02. The molecule has 0 aromatic heterocycles. The Bertz CT molecular complexity index is 385. The van der Waals surface area contributed by atoms with Crippen LogP contribution in [0.3, 0.4) is 0 Å². The Balaban J connectivity index is 2.99. The predicted molar refractivity (Wildman–Crippen MR) is 79.9 cm³/mol. The molecule has 20 heavy (non-hydrogen) atoms. The van der Waals surface area contributed by atoms with E-state index in [1.54, 1.807) is 14.2 Å². The molecule has 1 rings (SSSR count). The Labute approximate surface area is 121 Å². The Kier molecular flexibility index (Phi) is 7.54. The fraction of sp³-hybridized carbons (Fsp3) is 0.600. The number of ether oxygens (including phenoxy) is 2. The summed E-state index contributed by atoms with van der Waals surface area (Å²) < 4.78 is 10.4. The van der Waals surface area contributed by atoms with E-state index < -0.39 is 0 Å². The third-order valence-corrected chi connectivity index (χ3v) is 3.30. The molecule has 2 atom stereocenters. The number of benzene rings is 1. The highest BCUT2D eigenvalue weighted by Crippen LogP contribution is 2.26. The maximum absolute atomic E-state index is 9.27. The molecule has 0 spiro atoms. The maximum Gasteiger partial charge on any atom is 0.119 e. The van der Waals surface area contributed by atoms with E-state index in [4.69, 9.17) is 15.2 Å². The van der Waals surface area contributed by atoms with Gasteiger partial charge in [0.25, 0.3) is 0 Å². The first-order chi connectivity index (χ1) is 9.63. The fourth-order valence-electron chi connectivity index (χ4n) is 2.40. The van der Waals surface area contributed by atoms with E-state index >= 15 is 0 Å². The van der Waals surface area contributed by atoms with Crippen LogP contribution in [0.4, 0.5) is 0 Å². The maximum atomic E-state index is 9.27. The van der Waals surface area contributed by atoms with E-state index in [9.17, 15) is 5.11 Å². The first-order valence-electron chi connectivity index (χ1n) is 6.87. The molecule has 1 aromatic carbocycles. The second-order valence-corrected chi connectivity index (χ2v) is 4.83. The molecule has 5 heteroatoms. The third-order valence-electron chi connectivity index (χ3n) is 3.30. The van der Waals surface area contributed by atoms with Crippen molar-refractivity contribution in [3.8, 4) is 5.75 Å². The van der Waals surface area contributed by atoms with Crippen molar-refractivity contribution in [2.45, 2.75) is 19.0 Å². The molecule has 0 amide bonds. The van der Waals surface area contributed by atoms with Gasteiger partial charge in [-0.1, -0.05) is 12.1 Å². The molecular weight excluding hydrogens is 256 g/mol. The van der Waals surface area contributed by atoms with Crippen LogP contribution in [0.5, 0.6) is 5.75 Å². The van der Waals surface area contributed by atoms with Crippen molar-refractivity contribution < 1.29 is 14.6 Å². The van der Waals surface area contributed by atoms with Gasteiger partial charge in [-0.15, -0.1) is 0 Å². The van der Waals surface area contributed by atoms with Gasteiger partial charge in [-0.3, -0.25) is 4.90 Å². The Hall–Kier alpha value is -1.14. The molecule has 3 N–H and O–H groups in total. The van der Waals surface area contributed by atoms with Crippen molar-refractivity contribution in [3.05, 3.63) is 29.8 Å². The minimum Gasteiger partial charge on any atom is -0.497 e. The van der Waals surface area contributed by atoms with Gasteiger partial charge in [0, 0.05) is 32.3 Å². The lowest BCUT2D eigenvalue weighted by Gasteiger charge is -2.34. The van der Waals surface area contributed by atoms with Gasteiger partial charge in [-0.2, -0.15) is 0 Å². The van der Waals surface area contributed by atoms with Gasteiger partial charge in [-0.05, 0) is 24.6 Å². The summed E-state index contributed by atoms with van der Waals surface area (Å²) in [7, 11) is 3.32. The van der Waals surface area contributed by atoms with Gasteiger partial charge in [0.05, 0.1) is 20.3 Å². The Morgan fingerprint density at radius 1 is 1.30 bits per heavy atom. The highest BCUT2D eigenvalue weighted by molar-refractivity contribution is 5.31. The molecule has 0 saturated carbocycles. The fourth-order valence-corrected chi connectivity index (χ4v) is 2.40. The monoisotopic (exact) mass is 282 g/mol. The van der Waals surface area contributed by atoms with Crippen LogP contribution in [0.1, 0.15) is 18.5 Å². The van der Waals surface area contributed by atoms with E-state index in [1.165, 1.54) is 0 Å². The Morgan fingerprint density at radius 2 is 2.05 bits per heavy atom. The lowest BCUT2D eigenvalue weighted by atomic mass is 9.98. The standard InChI is InChI=1S/C15H26N2O3/c1-12(16)15(17(7-9-18)8-10-19-2)13-5-4-6-14(11-13)20-3/h4-6,11-12,15,18H,7-10,16H2,1-3H3. The van der Waals surface area contributed by atoms with Gasteiger partial charge in [0.1, 0.15) is 5.75 Å². The number of hydrogen-bond donors (Lipinski definition) is 2. The zero-order chi connectivity index (χ0) is 15.0. The van der Waals surface area contributed by atoms with Crippen molar-refractivity contribution in [2.24, 2.45) is 5.73 Å². The van der Waals surface area contributed by atoms with Crippen molar-refractivity contribution in [1.29, 1.82) is 0 Å². The number of aliphatic hydroxyl groups excluding tert-OH is 1. The molecule has 0 saturated heterocycles. The van der Waals surface area contributed by atoms with Crippen LogP contribution in [0.25, 0.3) is 0 Å². The molecule has 0 aliphatic rings. The van der Waals surface area contributed by atoms with Crippen molar-refractivity contribution in [1.82, 2.24) is 4.90 Å². The van der Waals surface area contributed by atoms with Gasteiger partial charge >= 0.3 is 0 Å². The molecule has 5 nitrogen and oxygen atoms in total. The van der Waals surface area contributed by atoms with Crippen LogP contribution in [-0.2, 0) is 4.74 Å². The summed E-state index contributed by atoms with van der Waals surface area (Å²) >= 11 is 0. The summed E-state index contributed by atoms with van der Waals surface area (Å²) in [5.74, 6) is 0.809. The number of methoxy groups -OCH3 is 2. The summed E-state index contributed by atoms with van der Waals surface area (Å²) in [6, 6.07) is 7.85. The van der Waals surface area contributed by atoms with Gasteiger partial charge < -0.3 is 20.3 Å². The van der Waals surface area contributed by atoms with Crippen molar-refractivity contribution in [2.75, 3.05) is 40.5 Å². The zero-order valence-electron chi connectivity index (χ0n) is 12.6. The van der Waals surface area contributed by atoms with E-state index in [2.05, 4.69) is 4.90 Å². The lowest BCUT2D eigenvalue weighted by molar-refractivity contribution is 0.0928. The van der Waals surface area contributed by atoms with Crippen LogP contribution in [-0.4, -0.2) is 56.6 Å². The second kappa shape index (κ2) is 8.92. The number of aliphatic hydroxyl groups is 1. The SMILES string of the molecule is COCCN(CCO)C(c1cccc(OC)c1)C(C)N. The van der Waals surface area contributed by atoms with Crippen LogP contribution >= 0.6 is 0 Å². The van der Waals surface area contributed by atoms with Crippen LogP contribution < -0.4 is 10.5 Å². The lowest BCUT2D eigenvalue weighted by Crippen LogP contribution is -2.42. The molecule has 0 fully saturated rings. The van der Waals surface area contributed by atoms with E-state index in [-0.39, 0.29) is 18.7 Å². The average molecular weight is 282 g/mol. The summed E-state index contributed by atoms with van der Waals surface area (Å²) in [6.07, 6.45) is 0. The first kappa shape index (κ1) is 16.9. The van der Waals surface area contributed by atoms with E-state index in [0.717, 1.165) is 17.9 Å². The topological polar surface area (TPSA) is 68.0 Å². The summed E-state index contributed by atoms with van der Waals surface area (Å²) in [5.41, 5.74) is 7.25. The minimum absolute atomic E-state index is 0.0207. The van der Waals surface area contributed by atoms with Crippen molar-refractivity contribution >= 4 is 0 Å². The molecule has 0 radical (unpaired) electrons. The van der Waals surface area contributed by atoms with E-state index in [1.807, 2.05) is 31.2 Å². The van der Waals surface area contributed by atoms with E-state index in [0.29, 0.717) is 13.2 Å². The van der Waals surface area contributed by atoms with Crippen LogP contribution in [0.15, 0.2) is 24.3 Å². The molecule has 114 valence electrons. The van der Waals surface area contributed by atoms with Crippen molar-refractivity contribution in [3.63, 3.8) is 0 Å². The number of nitrogens with zero attached hydrogens (tertiary/aromatic N) is 1. The molecule has 1 aromatic rings. The minimum atomic E-state index is -0.0643. The Morgan fingerprint density at radius 3 is 2.60 bits per heavy atom. The zero-order valence-corrected chi connectivity index (χ0v) is 12.6. The molecule has 0 bridgehead atoms. The van der Waals surface area contributed by atoms with Crippen LogP contribution in [0, 0.1) is 0 Å². The average Bonchev–Trinajstić information content (AvgIpc) is 2.45. The third kappa shape index (κ3) is 4.76. The smallest absolute Gasteiger partial charge is 0.119 e. The molecule has 0 aliphatic heterocycles. The van der Waals surface area contributed by atoms with Gasteiger partial charge in [-0.25, -0.2) is 0 Å². The molecule has 0 heterocycles. The summed E-state index contributed by atoms with van der Waals surface area (Å²) in [5, 5.41) is 9.27. The highest BCUT2D eigenvalue weighted by Gasteiger charge is 2.23. The first-order valence-corrected chi connectivity index (χ1v) is 6.87. The molecule has 2 unspecified atom stereocenters. The van der Waals surface area contributed by atoms with Gasteiger partial charge in [0.2, 0.25) is 0 Å². The normalized spacial score (nSPS) is 14.3. The molecular formula is C15H26N2O3. The summed E-state index contributed by atoms with van der Waals surface area (Å²) in [4.78, 5) is 2.14. The van der Waals surface area contributed by atoms with Gasteiger partial charge in [0.15, 0.2) is 0 Å². The quantitative estimate of drug-likeness (QED) is 0.708. The number of rotatable bonds is 9. The summed E-state index contributed by atoms with van der Waals surface area (Å²) in [6.45, 7) is 3.96. The van der Waals surface area contributed by atoms with Crippen LogP contribution in [0.2, 0.25) is 0 Å². The second-order valence-electron chi connectivity index (χ2n) is 4.83. The number of nitrogens with two attached hydrogens (primary N) is 1. The number of hydrogen-bond acceptors (Lipinski definition) is 5. The highest BCUT2D eigenvalue weighted by atomic mass is 16.5.